The molecule has 0 amide bonds. The Morgan fingerprint density at radius 3 is 2.33 bits per heavy atom. The summed E-state index contributed by atoms with van der Waals surface area (Å²) in [5, 5.41) is 9.29. The molecule has 21 heavy (non-hydrogen) atoms. The Balaban J connectivity index is 2.11. The van der Waals surface area contributed by atoms with E-state index in [0.29, 0.717) is 11.3 Å². The lowest BCUT2D eigenvalue weighted by molar-refractivity contribution is -0.138. The van der Waals surface area contributed by atoms with Crippen LogP contribution in [0.25, 0.3) is 0 Å². The summed E-state index contributed by atoms with van der Waals surface area (Å²) in [5.41, 5.74) is 0.971. The maximum atomic E-state index is 12.7. The number of nitrogens with zero attached hydrogens (tertiary/aromatic N) is 1. The van der Waals surface area contributed by atoms with Crippen LogP contribution >= 0.6 is 0 Å². The van der Waals surface area contributed by atoms with Crippen LogP contribution in [0.4, 0.5) is 5.69 Å². The third kappa shape index (κ3) is 2.17. The van der Waals surface area contributed by atoms with Crippen molar-refractivity contribution in [2.24, 2.45) is 0 Å². The first-order chi connectivity index (χ1) is 10.0. The van der Waals surface area contributed by atoms with E-state index < -0.39 is 21.9 Å². The van der Waals surface area contributed by atoms with Crippen LogP contribution in [0.1, 0.15) is 11.5 Å². The van der Waals surface area contributed by atoms with Crippen LogP contribution in [0.5, 0.6) is 0 Å². The molecule has 0 fully saturated rings. The van der Waals surface area contributed by atoms with Gasteiger partial charge in [-0.05, 0) is 23.8 Å². The molecule has 0 aliphatic carbocycles. The molecule has 0 aromatic heterocycles. The number of carboxylic acid groups (broad SMARTS) is 1. The van der Waals surface area contributed by atoms with E-state index in [9.17, 15) is 18.3 Å². The predicted octanol–water partition coefficient (Wildman–Crippen LogP) is 2.06. The van der Waals surface area contributed by atoms with Crippen molar-refractivity contribution in [3.63, 3.8) is 0 Å². The third-order valence-electron chi connectivity index (χ3n) is 3.56. The van der Waals surface area contributed by atoms with Gasteiger partial charge in [0.25, 0.3) is 10.0 Å². The summed E-state index contributed by atoms with van der Waals surface area (Å²) >= 11 is 0. The van der Waals surface area contributed by atoms with Crippen molar-refractivity contribution in [2.75, 3.05) is 10.8 Å². The molecule has 6 heteroatoms. The zero-order chi connectivity index (χ0) is 15.0. The fraction of sp³-hybridized carbons (Fsp3) is 0.133. The molecule has 108 valence electrons. The largest absolute Gasteiger partial charge is 0.481 e. The van der Waals surface area contributed by atoms with E-state index in [1.54, 1.807) is 42.5 Å². The van der Waals surface area contributed by atoms with Gasteiger partial charge in [0.15, 0.2) is 0 Å². The Hall–Kier alpha value is -2.34. The third-order valence-corrected chi connectivity index (χ3v) is 5.35. The first-order valence-corrected chi connectivity index (χ1v) is 7.85. The summed E-state index contributed by atoms with van der Waals surface area (Å²) in [7, 11) is -3.75. The molecule has 1 aliphatic heterocycles. The highest BCUT2D eigenvalue weighted by Crippen LogP contribution is 2.39. The molecule has 0 saturated heterocycles. The van der Waals surface area contributed by atoms with E-state index in [2.05, 4.69) is 0 Å². The number of anilines is 1. The number of rotatable bonds is 3. The molecule has 1 unspecified atom stereocenters. The lowest BCUT2D eigenvalue weighted by atomic mass is 10.0. The lowest BCUT2D eigenvalue weighted by Crippen LogP contribution is -2.31. The molecule has 3 rings (SSSR count). The van der Waals surface area contributed by atoms with E-state index in [1.165, 1.54) is 16.4 Å². The number of hydrogen-bond donors (Lipinski definition) is 1. The zero-order valence-electron chi connectivity index (χ0n) is 11.0. The molecule has 0 radical (unpaired) electrons. The van der Waals surface area contributed by atoms with Gasteiger partial charge in [0.05, 0.1) is 17.1 Å². The monoisotopic (exact) mass is 303 g/mol. The fourth-order valence-electron chi connectivity index (χ4n) is 2.53. The number of sulfonamides is 1. The van der Waals surface area contributed by atoms with Gasteiger partial charge in [-0.1, -0.05) is 36.4 Å². The predicted molar refractivity (Wildman–Crippen MR) is 77.8 cm³/mol. The van der Waals surface area contributed by atoms with Gasteiger partial charge in [-0.2, -0.15) is 0 Å². The molecule has 5 nitrogen and oxygen atoms in total. The average Bonchev–Trinajstić information content (AvgIpc) is 2.88. The highest BCUT2D eigenvalue weighted by Gasteiger charge is 2.39. The molecular weight excluding hydrogens is 290 g/mol. The molecular formula is C15H13NO4S. The number of para-hydroxylation sites is 1. The number of carbonyl (C=O) groups is 1. The first-order valence-electron chi connectivity index (χ1n) is 6.41. The smallest absolute Gasteiger partial charge is 0.312 e. The lowest BCUT2D eigenvalue weighted by Gasteiger charge is -2.19. The molecule has 0 bridgehead atoms. The van der Waals surface area contributed by atoms with Gasteiger partial charge in [0.2, 0.25) is 0 Å². The van der Waals surface area contributed by atoms with Crippen LogP contribution in [0.15, 0.2) is 59.5 Å². The molecule has 1 aliphatic rings. The van der Waals surface area contributed by atoms with Crippen LogP contribution in [0, 0.1) is 0 Å². The van der Waals surface area contributed by atoms with Crippen molar-refractivity contribution < 1.29 is 18.3 Å². The summed E-state index contributed by atoms with van der Waals surface area (Å²) in [4.78, 5) is 11.5. The van der Waals surface area contributed by atoms with Crippen molar-refractivity contribution in [3.8, 4) is 0 Å². The van der Waals surface area contributed by atoms with Gasteiger partial charge in [-0.15, -0.1) is 0 Å². The zero-order valence-corrected chi connectivity index (χ0v) is 11.8. The Morgan fingerprint density at radius 1 is 1.05 bits per heavy atom. The standard InChI is InChI=1S/C15H13NO4S/c17-15(18)13-10-16(14-9-5-4-8-12(13)14)21(19,20)11-6-2-1-3-7-11/h1-9,13H,10H2,(H,17,18). The number of aliphatic carboxylic acids is 1. The highest BCUT2D eigenvalue weighted by molar-refractivity contribution is 7.92. The minimum atomic E-state index is -3.75. The van der Waals surface area contributed by atoms with Crippen LogP contribution in [0.2, 0.25) is 0 Å². The normalized spacial score (nSPS) is 17.5. The summed E-state index contributed by atoms with van der Waals surface area (Å²) in [6, 6.07) is 14.7. The van der Waals surface area contributed by atoms with Gasteiger partial charge in [-0.3, -0.25) is 9.10 Å². The average molecular weight is 303 g/mol. The van der Waals surface area contributed by atoms with Crippen molar-refractivity contribution in [1.82, 2.24) is 0 Å². The summed E-state index contributed by atoms with van der Waals surface area (Å²) in [6.45, 7) is -0.0775. The van der Waals surface area contributed by atoms with Crippen LogP contribution in [0.3, 0.4) is 0 Å². The van der Waals surface area contributed by atoms with Crippen LogP contribution < -0.4 is 4.31 Å². The van der Waals surface area contributed by atoms with Gasteiger partial charge in [-0.25, -0.2) is 8.42 Å². The topological polar surface area (TPSA) is 74.7 Å². The summed E-state index contributed by atoms with van der Waals surface area (Å²) in [6.07, 6.45) is 0. The van der Waals surface area contributed by atoms with Gasteiger partial charge in [0.1, 0.15) is 5.92 Å². The van der Waals surface area contributed by atoms with E-state index in [-0.39, 0.29) is 11.4 Å². The van der Waals surface area contributed by atoms with Crippen LogP contribution in [-0.2, 0) is 14.8 Å². The molecule has 1 atom stereocenters. The van der Waals surface area contributed by atoms with Gasteiger partial charge >= 0.3 is 5.97 Å². The number of carboxylic acids is 1. The van der Waals surface area contributed by atoms with Gasteiger partial charge < -0.3 is 5.11 Å². The molecule has 1 heterocycles. The fourth-order valence-corrected chi connectivity index (χ4v) is 4.06. The Morgan fingerprint density at radius 2 is 1.67 bits per heavy atom. The van der Waals surface area contributed by atoms with Crippen LogP contribution in [-0.4, -0.2) is 26.0 Å². The second kappa shape index (κ2) is 4.89. The minimum Gasteiger partial charge on any atom is -0.481 e. The first kappa shape index (κ1) is 13.6. The van der Waals surface area contributed by atoms with E-state index in [4.69, 9.17) is 0 Å². The SMILES string of the molecule is O=C(O)C1CN(S(=O)(=O)c2ccccc2)c2ccccc21. The van der Waals surface area contributed by atoms with Crippen molar-refractivity contribution >= 4 is 21.7 Å². The maximum absolute atomic E-state index is 12.7. The molecule has 2 aromatic rings. The second-order valence-electron chi connectivity index (χ2n) is 4.80. The van der Waals surface area contributed by atoms with Crippen molar-refractivity contribution in [3.05, 3.63) is 60.2 Å². The second-order valence-corrected chi connectivity index (χ2v) is 6.66. The van der Waals surface area contributed by atoms with E-state index in [0.717, 1.165) is 0 Å². The highest BCUT2D eigenvalue weighted by atomic mass is 32.2. The minimum absolute atomic E-state index is 0.0775. The summed E-state index contributed by atoms with van der Waals surface area (Å²) < 4.78 is 26.6. The Kier molecular flexibility index (Phi) is 3.17. The van der Waals surface area contributed by atoms with Crippen molar-refractivity contribution in [2.45, 2.75) is 10.8 Å². The number of fused-ring (bicyclic) bond motifs is 1. The molecule has 2 aromatic carbocycles. The number of hydrogen-bond acceptors (Lipinski definition) is 3. The maximum Gasteiger partial charge on any atom is 0.312 e. The molecule has 0 spiro atoms. The van der Waals surface area contributed by atoms with E-state index in [1.807, 2.05) is 0 Å². The quantitative estimate of drug-likeness (QED) is 0.942. The van der Waals surface area contributed by atoms with Gasteiger partial charge in [0, 0.05) is 0 Å². The Bertz CT molecular complexity index is 786. The van der Waals surface area contributed by atoms with E-state index >= 15 is 0 Å². The molecule has 0 saturated carbocycles. The molecule has 1 N–H and O–H groups in total. The summed E-state index contributed by atoms with van der Waals surface area (Å²) in [5.74, 6) is -1.85. The Labute approximate surface area is 122 Å². The van der Waals surface area contributed by atoms with Crippen molar-refractivity contribution in [1.29, 1.82) is 0 Å². The number of benzene rings is 2.